The molecule has 0 aliphatic rings. The van der Waals surface area contributed by atoms with E-state index in [0.29, 0.717) is 0 Å². The van der Waals surface area contributed by atoms with Crippen molar-refractivity contribution in [3.8, 4) is 0 Å². The van der Waals surface area contributed by atoms with Gasteiger partial charge in [-0.25, -0.2) is 0 Å². The van der Waals surface area contributed by atoms with E-state index in [1.54, 1.807) is 0 Å². The number of nitrogens with two attached hydrogens (primary N) is 1. The average molecular weight is 411 g/mol. The number of rotatable bonds is 0. The van der Waals surface area contributed by atoms with Gasteiger partial charge in [0.25, 0.3) is 0 Å². The van der Waals surface area contributed by atoms with Crippen LogP contribution < -0.4 is 5.73 Å². The second kappa shape index (κ2) is 16.2. The summed E-state index contributed by atoms with van der Waals surface area (Å²) in [7, 11) is 0. The van der Waals surface area contributed by atoms with Gasteiger partial charge in [0.15, 0.2) is 0 Å². The molecule has 2 nitrogen and oxygen atoms in total. The fourth-order valence-electron chi connectivity index (χ4n) is 0. The van der Waals surface area contributed by atoms with Crippen LogP contribution in [-0.2, 0) is 0 Å². The second-order valence-electron chi connectivity index (χ2n) is 0.238. The summed E-state index contributed by atoms with van der Waals surface area (Å²) in [6.45, 7) is 0. The Morgan fingerprint density at radius 1 is 1.67 bits per heavy atom. The van der Waals surface area contributed by atoms with Crippen LogP contribution in [0.2, 0.25) is 0 Å². The Kier molecular flexibility index (Phi) is 27.9. The zero-order chi connectivity index (χ0) is 5.41. The Labute approximate surface area is 60.2 Å². The predicted octanol–water partition coefficient (Wildman–Crippen LogP) is 0.863. The molecule has 36 valence electrons. The van der Waals surface area contributed by atoms with Gasteiger partial charge in [-0.05, 0) is 0 Å². The minimum absolute atomic E-state index is 0.292. The number of halogens is 2. The van der Waals surface area contributed by atoms with Gasteiger partial charge in [-0.2, -0.15) is 0 Å². The molecule has 0 unspecified atom stereocenters. The van der Waals surface area contributed by atoms with Crippen LogP contribution in [0.4, 0.5) is 0 Å². The summed E-state index contributed by atoms with van der Waals surface area (Å²) in [4.78, 5) is 0. The van der Waals surface area contributed by atoms with Crippen molar-refractivity contribution in [2.75, 3.05) is 0 Å². The number of hydrogen-bond donors (Lipinski definition) is 2. The Morgan fingerprint density at radius 3 is 1.67 bits per heavy atom. The topological polar surface area (TPSA) is 49.9 Å². The summed E-state index contributed by atoms with van der Waals surface area (Å²) in [5.41, 5.74) is 4.39. The van der Waals surface area contributed by atoms with Crippen LogP contribution in [0, 0.1) is 5.41 Å². The zero-order valence-electron chi connectivity index (χ0n) is 2.91. The van der Waals surface area contributed by atoms with Crippen molar-refractivity contribution < 1.29 is 0 Å². The van der Waals surface area contributed by atoms with Gasteiger partial charge < -0.3 is 5.73 Å². The van der Waals surface area contributed by atoms with E-state index in [1.165, 1.54) is 0 Å². The molecule has 6 heavy (non-hydrogen) atoms. The molecular weight excluding hydrogens is 407 g/mol. The van der Waals surface area contributed by atoms with E-state index in [0.717, 1.165) is 6.34 Å². The van der Waals surface area contributed by atoms with Crippen molar-refractivity contribution in [3.63, 3.8) is 0 Å². The van der Waals surface area contributed by atoms with E-state index in [2.05, 4.69) is 29.7 Å². The van der Waals surface area contributed by atoms with Crippen LogP contribution in [0.15, 0.2) is 0 Å². The van der Waals surface area contributed by atoms with Crippen LogP contribution in [0.25, 0.3) is 0 Å². The van der Waals surface area contributed by atoms with Gasteiger partial charge in [0, 0.05) is 0 Å². The molecule has 0 saturated carbocycles. The summed E-state index contributed by atoms with van der Waals surface area (Å²) >= 11 is 6.22. The predicted molar refractivity (Wildman–Crippen MR) is 36.6 cm³/mol. The molecule has 0 aliphatic carbocycles. The zero-order valence-corrected chi connectivity index (χ0v) is 9.97. The fourth-order valence-corrected chi connectivity index (χ4v) is 0. The molecule has 0 aromatic heterocycles. The molecule has 0 spiro atoms. The third-order valence-corrected chi connectivity index (χ3v) is 0. The molecule has 0 bridgehead atoms. The van der Waals surface area contributed by atoms with Crippen LogP contribution in [0.5, 0.6) is 0 Å². The van der Waals surface area contributed by atoms with E-state index in [9.17, 15) is 0 Å². The quantitative estimate of drug-likeness (QED) is 0.347. The molecular formula is CH4Br2N2Pb. The van der Waals surface area contributed by atoms with Crippen molar-refractivity contribution in [2.24, 2.45) is 5.73 Å². The second-order valence-corrected chi connectivity index (χ2v) is 17.1. The molecule has 2 radical (unpaired) electrons. The summed E-state index contributed by atoms with van der Waals surface area (Å²) < 4.78 is 0. The van der Waals surface area contributed by atoms with E-state index in [-0.39, 0.29) is 19.4 Å². The van der Waals surface area contributed by atoms with Gasteiger partial charge in [-0.15, -0.1) is 0 Å². The number of hydrogen-bond acceptors (Lipinski definition) is 1. The molecule has 0 aliphatic heterocycles. The van der Waals surface area contributed by atoms with Gasteiger partial charge in [0.1, 0.15) is 0 Å². The van der Waals surface area contributed by atoms with Crippen molar-refractivity contribution in [3.05, 3.63) is 0 Å². The van der Waals surface area contributed by atoms with Gasteiger partial charge in [-0.3, -0.25) is 5.41 Å². The van der Waals surface area contributed by atoms with Crippen LogP contribution in [0.3, 0.4) is 0 Å². The third-order valence-electron chi connectivity index (χ3n) is 0. The molecule has 0 atom stereocenters. The SMILES string of the molecule is N=CN.[Br][Pb][Br]. The molecule has 0 heterocycles. The molecule has 0 fully saturated rings. The van der Waals surface area contributed by atoms with Gasteiger partial charge >= 0.3 is 43.4 Å². The van der Waals surface area contributed by atoms with Crippen LogP contribution in [-0.4, -0.2) is 25.8 Å². The monoisotopic (exact) mass is 410 g/mol. The fraction of sp³-hybridized carbons (Fsp3) is 0. The molecule has 3 N–H and O–H groups in total. The van der Waals surface area contributed by atoms with Crippen molar-refractivity contribution in [1.29, 1.82) is 5.41 Å². The first-order chi connectivity index (χ1) is 2.83. The van der Waals surface area contributed by atoms with E-state index in [1.807, 2.05) is 0 Å². The minimum atomic E-state index is -0.292. The Balaban J connectivity index is 0. The third kappa shape index (κ3) is 55.5. The maximum absolute atomic E-state index is 5.86. The molecule has 0 aromatic carbocycles. The Bertz CT molecular complexity index is 25.5. The van der Waals surface area contributed by atoms with Crippen LogP contribution in [0.1, 0.15) is 0 Å². The molecule has 0 saturated heterocycles. The van der Waals surface area contributed by atoms with E-state index in [4.69, 9.17) is 5.41 Å². The first-order valence-electron chi connectivity index (χ1n) is 1.000. The Morgan fingerprint density at radius 2 is 1.67 bits per heavy atom. The van der Waals surface area contributed by atoms with Gasteiger partial charge in [0.05, 0.1) is 6.34 Å². The van der Waals surface area contributed by atoms with E-state index >= 15 is 0 Å². The molecule has 0 amide bonds. The maximum atomic E-state index is 5.86. The van der Waals surface area contributed by atoms with Crippen LogP contribution >= 0.6 is 24.0 Å². The summed E-state index contributed by atoms with van der Waals surface area (Å²) in [6, 6.07) is 0. The van der Waals surface area contributed by atoms with Crippen molar-refractivity contribution >= 4 is 49.7 Å². The van der Waals surface area contributed by atoms with Gasteiger partial charge in [0.2, 0.25) is 0 Å². The normalized spacial score (nSPS) is 5.00. The van der Waals surface area contributed by atoms with Crippen molar-refractivity contribution in [1.82, 2.24) is 0 Å². The van der Waals surface area contributed by atoms with Crippen molar-refractivity contribution in [2.45, 2.75) is 0 Å². The van der Waals surface area contributed by atoms with Gasteiger partial charge in [-0.1, -0.05) is 0 Å². The first-order valence-corrected chi connectivity index (χ1v) is 17.9. The number of nitrogens with one attached hydrogen (secondary N) is 1. The van der Waals surface area contributed by atoms with E-state index < -0.39 is 0 Å². The Hall–Kier alpha value is 1.35. The first kappa shape index (κ1) is 10.4. The summed E-state index contributed by atoms with van der Waals surface area (Å²) in [5.74, 6) is 0. The summed E-state index contributed by atoms with van der Waals surface area (Å²) in [5, 5.41) is 5.86. The molecule has 0 rings (SSSR count). The molecule has 5 heteroatoms. The average Bonchev–Trinajstić information content (AvgIpc) is 1.39. The standard InChI is InChI=1S/CH4N2.2BrH.Pb/c2-1-3;;;/h1H,(H3,2,3);2*1H;/q;;;+2/p-2. The summed E-state index contributed by atoms with van der Waals surface area (Å²) in [6.07, 6.45) is 0.750. The molecule has 0 aromatic rings.